The molecule has 0 aliphatic carbocycles. The fraction of sp³-hybridized carbons (Fsp3) is 0.680. The number of benzene rings is 1. The van der Waals surface area contributed by atoms with Crippen molar-refractivity contribution in [2.45, 2.75) is 57.2 Å². The average Bonchev–Trinajstić information content (AvgIpc) is 3.57. The van der Waals surface area contributed by atoms with Crippen LogP contribution in [-0.2, 0) is 20.9 Å². The Morgan fingerprint density at radius 3 is 2.13 bits per heavy atom. The molecule has 4 fully saturated rings. The minimum absolute atomic E-state index is 0.0600. The summed E-state index contributed by atoms with van der Waals surface area (Å²) >= 11 is 0. The fourth-order valence-corrected chi connectivity index (χ4v) is 6.20. The lowest BCUT2D eigenvalue weighted by molar-refractivity contribution is -0.133. The van der Waals surface area contributed by atoms with E-state index in [0.29, 0.717) is 31.4 Å². The van der Waals surface area contributed by atoms with Crippen molar-refractivity contribution in [3.05, 3.63) is 35.9 Å². The number of ether oxygens (including phenoxy) is 1. The Morgan fingerprint density at radius 1 is 0.871 bits per heavy atom. The fourth-order valence-electron chi connectivity index (χ4n) is 6.20. The summed E-state index contributed by atoms with van der Waals surface area (Å²) in [6.45, 7) is 6.05. The lowest BCUT2D eigenvalue weighted by Crippen LogP contribution is -2.37. The molecule has 1 aromatic carbocycles. The number of fused-ring (bicyclic) bond motifs is 1. The van der Waals surface area contributed by atoms with Gasteiger partial charge in [-0.2, -0.15) is 0 Å². The maximum Gasteiger partial charge on any atom is 0.225 e. The van der Waals surface area contributed by atoms with Gasteiger partial charge in [-0.05, 0) is 37.2 Å². The van der Waals surface area contributed by atoms with E-state index in [1.54, 1.807) is 0 Å². The van der Waals surface area contributed by atoms with E-state index in [0.717, 1.165) is 65.0 Å². The van der Waals surface area contributed by atoms with Gasteiger partial charge in [-0.25, -0.2) is 0 Å². The van der Waals surface area contributed by atoms with Crippen LogP contribution in [0.4, 0.5) is 0 Å². The Labute approximate surface area is 185 Å². The molecule has 0 unspecified atom stereocenters. The monoisotopic (exact) mass is 425 g/mol. The largest absolute Gasteiger partial charge is 0.376 e. The molecule has 4 heterocycles. The first-order chi connectivity index (χ1) is 15.2. The number of likely N-dealkylation sites (tertiary alicyclic amines) is 3. The van der Waals surface area contributed by atoms with Gasteiger partial charge in [0, 0.05) is 57.6 Å². The molecule has 0 aromatic heterocycles. The van der Waals surface area contributed by atoms with Crippen LogP contribution in [0.5, 0.6) is 0 Å². The van der Waals surface area contributed by atoms with E-state index < -0.39 is 0 Å². The molecular formula is C25H35N3O3. The Kier molecular flexibility index (Phi) is 6.28. The van der Waals surface area contributed by atoms with E-state index in [2.05, 4.69) is 29.2 Å². The zero-order valence-electron chi connectivity index (χ0n) is 18.5. The van der Waals surface area contributed by atoms with Gasteiger partial charge < -0.3 is 14.5 Å². The maximum atomic E-state index is 13.0. The number of amides is 2. The maximum absolute atomic E-state index is 13.0. The van der Waals surface area contributed by atoms with E-state index in [1.807, 2.05) is 15.9 Å². The quantitative estimate of drug-likeness (QED) is 0.703. The van der Waals surface area contributed by atoms with Gasteiger partial charge in [0.25, 0.3) is 0 Å². The summed E-state index contributed by atoms with van der Waals surface area (Å²) in [5.41, 5.74) is 1.30. The van der Waals surface area contributed by atoms with Crippen LogP contribution in [0.2, 0.25) is 0 Å². The van der Waals surface area contributed by atoms with Crippen LogP contribution in [0.15, 0.2) is 30.3 Å². The molecule has 0 bridgehead atoms. The smallest absolute Gasteiger partial charge is 0.225 e. The number of rotatable bonds is 6. The van der Waals surface area contributed by atoms with Gasteiger partial charge in [0.05, 0.1) is 19.1 Å². The molecule has 31 heavy (non-hydrogen) atoms. The third kappa shape index (κ3) is 4.51. The second-order valence-electron chi connectivity index (χ2n) is 9.78. The molecular weight excluding hydrogens is 390 g/mol. The van der Waals surface area contributed by atoms with Gasteiger partial charge >= 0.3 is 0 Å². The number of carbonyl (C=O) groups is 2. The highest BCUT2D eigenvalue weighted by molar-refractivity contribution is 5.78. The van der Waals surface area contributed by atoms with Crippen molar-refractivity contribution in [3.63, 3.8) is 0 Å². The van der Waals surface area contributed by atoms with Gasteiger partial charge in [-0.15, -0.1) is 0 Å². The molecule has 6 heteroatoms. The van der Waals surface area contributed by atoms with E-state index in [1.165, 1.54) is 5.56 Å². The van der Waals surface area contributed by atoms with Gasteiger partial charge in [0.15, 0.2) is 0 Å². The summed E-state index contributed by atoms with van der Waals surface area (Å²) in [4.78, 5) is 32.4. The summed E-state index contributed by atoms with van der Waals surface area (Å²) in [6, 6.07) is 10.9. The summed E-state index contributed by atoms with van der Waals surface area (Å²) in [5.74, 6) is 1.05. The predicted octanol–water partition coefficient (Wildman–Crippen LogP) is 2.53. The molecule has 4 aliphatic rings. The molecule has 4 aliphatic heterocycles. The summed E-state index contributed by atoms with van der Waals surface area (Å²) in [5, 5.41) is 0. The number of hydrogen-bond donors (Lipinski definition) is 0. The van der Waals surface area contributed by atoms with Gasteiger partial charge in [0.2, 0.25) is 11.8 Å². The van der Waals surface area contributed by atoms with Gasteiger partial charge in [0.1, 0.15) is 0 Å². The minimum Gasteiger partial charge on any atom is -0.376 e. The summed E-state index contributed by atoms with van der Waals surface area (Å²) in [6.07, 6.45) is 5.47. The number of carbonyl (C=O) groups excluding carboxylic acids is 2. The van der Waals surface area contributed by atoms with E-state index >= 15 is 0 Å². The molecule has 6 nitrogen and oxygen atoms in total. The number of nitrogens with zero attached hydrogens (tertiary/aromatic N) is 3. The standard InChI is InChI=1S/C25H35N3O3/c29-23(26-10-4-5-11-26)14-20-17-28(16-19-8-2-1-3-9-19)21-18-31-22(25(20)21)15-24(30)27-12-6-7-13-27/h1-3,8-9,20-22,25H,4-7,10-18H2/t20-,21-,22+,25-/m1/s1. The summed E-state index contributed by atoms with van der Waals surface area (Å²) in [7, 11) is 0. The van der Waals surface area contributed by atoms with Crippen LogP contribution < -0.4 is 0 Å². The second kappa shape index (κ2) is 9.29. The first kappa shape index (κ1) is 21.0. The molecule has 5 rings (SSSR count). The van der Waals surface area contributed by atoms with Crippen LogP contribution in [0.25, 0.3) is 0 Å². The lowest BCUT2D eigenvalue weighted by atomic mass is 9.84. The Balaban J connectivity index is 1.30. The molecule has 2 amide bonds. The molecule has 4 saturated heterocycles. The van der Waals surface area contributed by atoms with E-state index in [-0.39, 0.29) is 23.8 Å². The molecule has 0 radical (unpaired) electrons. The van der Waals surface area contributed by atoms with Crippen LogP contribution in [-0.4, -0.2) is 78.0 Å². The zero-order chi connectivity index (χ0) is 21.2. The molecule has 1 aromatic rings. The van der Waals surface area contributed by atoms with Crippen LogP contribution in [0.3, 0.4) is 0 Å². The number of hydrogen-bond acceptors (Lipinski definition) is 4. The minimum atomic E-state index is -0.0600. The third-order valence-corrected chi connectivity index (χ3v) is 7.80. The highest BCUT2D eigenvalue weighted by atomic mass is 16.5. The van der Waals surface area contributed by atoms with Crippen molar-refractivity contribution in [2.75, 3.05) is 39.3 Å². The van der Waals surface area contributed by atoms with Crippen molar-refractivity contribution in [2.24, 2.45) is 11.8 Å². The Bertz CT molecular complexity index is 773. The van der Waals surface area contributed by atoms with Crippen molar-refractivity contribution >= 4 is 11.8 Å². The first-order valence-corrected chi connectivity index (χ1v) is 12.1. The first-order valence-electron chi connectivity index (χ1n) is 12.1. The highest BCUT2D eigenvalue weighted by Crippen LogP contribution is 2.42. The highest BCUT2D eigenvalue weighted by Gasteiger charge is 2.51. The lowest BCUT2D eigenvalue weighted by Gasteiger charge is -2.26. The topological polar surface area (TPSA) is 53.1 Å². The second-order valence-corrected chi connectivity index (χ2v) is 9.78. The van der Waals surface area contributed by atoms with E-state index in [4.69, 9.17) is 4.74 Å². The van der Waals surface area contributed by atoms with Crippen LogP contribution in [0.1, 0.15) is 44.1 Å². The van der Waals surface area contributed by atoms with Gasteiger partial charge in [-0.1, -0.05) is 30.3 Å². The van der Waals surface area contributed by atoms with Crippen LogP contribution in [0, 0.1) is 11.8 Å². The Morgan fingerprint density at radius 2 is 1.48 bits per heavy atom. The van der Waals surface area contributed by atoms with Crippen molar-refractivity contribution in [1.29, 1.82) is 0 Å². The molecule has 168 valence electrons. The molecule has 4 atom stereocenters. The van der Waals surface area contributed by atoms with Crippen LogP contribution >= 0.6 is 0 Å². The van der Waals surface area contributed by atoms with Gasteiger partial charge in [-0.3, -0.25) is 14.5 Å². The summed E-state index contributed by atoms with van der Waals surface area (Å²) < 4.78 is 6.24. The average molecular weight is 426 g/mol. The van der Waals surface area contributed by atoms with Crippen molar-refractivity contribution in [3.8, 4) is 0 Å². The van der Waals surface area contributed by atoms with Crippen molar-refractivity contribution in [1.82, 2.24) is 14.7 Å². The SMILES string of the molecule is O=C(C[C@@H]1CN(Cc2ccccc2)[C@@H]2CO[C@@H](CC(=O)N3CCCC3)[C@H]12)N1CCCC1. The van der Waals surface area contributed by atoms with E-state index in [9.17, 15) is 9.59 Å². The Hall–Kier alpha value is -1.92. The molecule has 0 saturated carbocycles. The molecule has 0 spiro atoms. The zero-order valence-corrected chi connectivity index (χ0v) is 18.5. The van der Waals surface area contributed by atoms with Crippen molar-refractivity contribution < 1.29 is 14.3 Å². The predicted molar refractivity (Wildman–Crippen MR) is 118 cm³/mol. The third-order valence-electron chi connectivity index (χ3n) is 7.80. The normalized spacial score (nSPS) is 30.8. The molecule has 0 N–H and O–H groups in total.